The third-order valence-electron chi connectivity index (χ3n) is 5.00. The number of hydrogen-bond acceptors (Lipinski definition) is 7. The molecule has 2 saturated carbocycles. The first kappa shape index (κ1) is 14.2. The zero-order valence-electron chi connectivity index (χ0n) is 12.5. The number of amides is 1. The average molecular weight is 320 g/mol. The Hall–Kier alpha value is -2.38. The first-order chi connectivity index (χ1) is 11.0. The number of carbonyl (C=O) groups is 3. The SMILES string of the molecule is Cc1cc(NC(=O)COC(=O)[C@@H]2[C@@H]3C[C@H]4[C@@H]2C(=O)O[C@@H]4C3)no1. The van der Waals surface area contributed by atoms with Gasteiger partial charge in [0.1, 0.15) is 11.9 Å². The van der Waals surface area contributed by atoms with Crippen molar-refractivity contribution < 1.29 is 28.4 Å². The van der Waals surface area contributed by atoms with Crippen molar-refractivity contribution in [3.05, 3.63) is 11.8 Å². The fraction of sp³-hybridized carbons (Fsp3) is 0.600. The van der Waals surface area contributed by atoms with E-state index in [1.807, 2.05) is 0 Å². The number of esters is 2. The van der Waals surface area contributed by atoms with Crippen LogP contribution in [0.25, 0.3) is 0 Å². The highest BCUT2D eigenvalue weighted by molar-refractivity contribution is 5.92. The molecular formula is C15H16N2O6. The maximum absolute atomic E-state index is 12.3. The quantitative estimate of drug-likeness (QED) is 0.812. The van der Waals surface area contributed by atoms with Crippen LogP contribution in [0.1, 0.15) is 18.6 Å². The van der Waals surface area contributed by atoms with Gasteiger partial charge in [0.15, 0.2) is 12.4 Å². The zero-order chi connectivity index (χ0) is 16.1. The van der Waals surface area contributed by atoms with E-state index >= 15 is 0 Å². The Kier molecular flexibility index (Phi) is 3.14. The van der Waals surface area contributed by atoms with E-state index in [0.717, 1.165) is 12.8 Å². The fourth-order valence-corrected chi connectivity index (χ4v) is 4.16. The molecule has 1 aliphatic heterocycles. The molecule has 2 bridgehead atoms. The van der Waals surface area contributed by atoms with Gasteiger partial charge in [-0.25, -0.2) is 0 Å². The number of fused-ring (bicyclic) bond motifs is 1. The topological polar surface area (TPSA) is 108 Å². The highest BCUT2D eigenvalue weighted by Gasteiger charge is 2.64. The number of anilines is 1. The monoisotopic (exact) mass is 320 g/mol. The molecule has 0 spiro atoms. The van der Waals surface area contributed by atoms with E-state index in [1.54, 1.807) is 13.0 Å². The average Bonchev–Trinajstić information content (AvgIpc) is 3.20. The molecule has 0 radical (unpaired) electrons. The van der Waals surface area contributed by atoms with Crippen molar-refractivity contribution in [2.24, 2.45) is 23.7 Å². The summed E-state index contributed by atoms with van der Waals surface area (Å²) < 4.78 is 15.2. The summed E-state index contributed by atoms with van der Waals surface area (Å²) in [6.07, 6.45) is 1.52. The summed E-state index contributed by atoms with van der Waals surface area (Å²) in [5.74, 6) is -1.08. The van der Waals surface area contributed by atoms with Crippen LogP contribution in [0.4, 0.5) is 5.82 Å². The molecule has 1 aromatic heterocycles. The van der Waals surface area contributed by atoms with E-state index in [0.29, 0.717) is 5.76 Å². The lowest BCUT2D eigenvalue weighted by Crippen LogP contribution is -2.35. The third kappa shape index (κ3) is 2.29. The number of carbonyl (C=O) groups excluding carboxylic acids is 3. The second kappa shape index (κ2) is 5.07. The van der Waals surface area contributed by atoms with Gasteiger partial charge in [0.05, 0.1) is 11.8 Å². The van der Waals surface area contributed by atoms with Crippen LogP contribution in [-0.4, -0.2) is 35.7 Å². The van der Waals surface area contributed by atoms with E-state index in [1.165, 1.54) is 0 Å². The molecule has 8 nitrogen and oxygen atoms in total. The van der Waals surface area contributed by atoms with Gasteiger partial charge < -0.3 is 19.3 Å². The summed E-state index contributed by atoms with van der Waals surface area (Å²) in [5, 5.41) is 6.10. The molecule has 4 rings (SSSR count). The van der Waals surface area contributed by atoms with Crippen LogP contribution in [0.2, 0.25) is 0 Å². The van der Waals surface area contributed by atoms with Crippen LogP contribution in [0.5, 0.6) is 0 Å². The van der Waals surface area contributed by atoms with Crippen LogP contribution >= 0.6 is 0 Å². The van der Waals surface area contributed by atoms with Crippen LogP contribution in [0.15, 0.2) is 10.6 Å². The molecule has 2 aliphatic carbocycles. The van der Waals surface area contributed by atoms with E-state index in [-0.39, 0.29) is 29.7 Å². The highest BCUT2D eigenvalue weighted by Crippen LogP contribution is 2.57. The maximum atomic E-state index is 12.3. The molecule has 5 atom stereocenters. The van der Waals surface area contributed by atoms with Gasteiger partial charge in [-0.1, -0.05) is 5.16 Å². The second-order valence-corrected chi connectivity index (χ2v) is 6.40. The highest BCUT2D eigenvalue weighted by atomic mass is 16.6. The summed E-state index contributed by atoms with van der Waals surface area (Å²) in [5.41, 5.74) is 0. The lowest BCUT2D eigenvalue weighted by Gasteiger charge is -2.22. The van der Waals surface area contributed by atoms with Crippen molar-refractivity contribution in [3.63, 3.8) is 0 Å². The summed E-state index contributed by atoms with van der Waals surface area (Å²) in [6, 6.07) is 1.56. The van der Waals surface area contributed by atoms with Crippen LogP contribution in [0.3, 0.4) is 0 Å². The molecule has 1 amide bonds. The number of ether oxygens (including phenoxy) is 2. The lowest BCUT2D eigenvalue weighted by atomic mass is 9.80. The van der Waals surface area contributed by atoms with Crippen molar-refractivity contribution in [2.45, 2.75) is 25.9 Å². The minimum absolute atomic E-state index is 0.0275. The van der Waals surface area contributed by atoms with Crippen molar-refractivity contribution in [1.29, 1.82) is 0 Å². The van der Waals surface area contributed by atoms with Crippen molar-refractivity contribution in [3.8, 4) is 0 Å². The molecule has 3 fully saturated rings. The van der Waals surface area contributed by atoms with Crippen LogP contribution < -0.4 is 5.32 Å². The van der Waals surface area contributed by atoms with Gasteiger partial charge in [0.25, 0.3) is 5.91 Å². The summed E-state index contributed by atoms with van der Waals surface area (Å²) in [7, 11) is 0. The predicted molar refractivity (Wildman–Crippen MR) is 73.9 cm³/mol. The number of aromatic nitrogens is 1. The number of rotatable bonds is 4. The Labute approximate surface area is 131 Å². The van der Waals surface area contributed by atoms with Crippen molar-refractivity contribution in [1.82, 2.24) is 5.16 Å². The molecule has 23 heavy (non-hydrogen) atoms. The molecule has 122 valence electrons. The molecule has 2 heterocycles. The van der Waals surface area contributed by atoms with Gasteiger partial charge >= 0.3 is 11.9 Å². The van der Waals surface area contributed by atoms with Crippen molar-refractivity contribution >= 4 is 23.7 Å². The van der Waals surface area contributed by atoms with Gasteiger partial charge in [-0.15, -0.1) is 0 Å². The first-order valence-electron chi connectivity index (χ1n) is 7.63. The number of nitrogens with one attached hydrogen (secondary N) is 1. The summed E-state index contributed by atoms with van der Waals surface area (Å²) >= 11 is 0. The molecule has 1 saturated heterocycles. The summed E-state index contributed by atoms with van der Waals surface area (Å²) in [6.45, 7) is 1.29. The molecule has 0 aromatic carbocycles. The smallest absolute Gasteiger partial charge is 0.310 e. The first-order valence-corrected chi connectivity index (χ1v) is 7.63. The predicted octanol–water partition coefficient (Wildman–Crippen LogP) is 0.662. The van der Waals surface area contributed by atoms with Gasteiger partial charge in [0, 0.05) is 12.0 Å². The van der Waals surface area contributed by atoms with Gasteiger partial charge in [-0.2, -0.15) is 0 Å². The van der Waals surface area contributed by atoms with E-state index in [9.17, 15) is 14.4 Å². The third-order valence-corrected chi connectivity index (χ3v) is 5.00. The van der Waals surface area contributed by atoms with E-state index in [2.05, 4.69) is 10.5 Å². The number of nitrogens with zero attached hydrogens (tertiary/aromatic N) is 1. The molecule has 1 aromatic rings. The van der Waals surface area contributed by atoms with Crippen LogP contribution in [0, 0.1) is 30.6 Å². The fourth-order valence-electron chi connectivity index (χ4n) is 4.16. The second-order valence-electron chi connectivity index (χ2n) is 6.40. The van der Waals surface area contributed by atoms with Crippen molar-refractivity contribution in [2.75, 3.05) is 11.9 Å². The molecule has 8 heteroatoms. The minimum atomic E-state index is -0.498. The molecule has 0 unspecified atom stereocenters. The maximum Gasteiger partial charge on any atom is 0.310 e. The minimum Gasteiger partial charge on any atom is -0.462 e. The van der Waals surface area contributed by atoms with E-state index in [4.69, 9.17) is 14.0 Å². The molecule has 1 N–H and O–H groups in total. The number of aryl methyl sites for hydroxylation is 1. The largest absolute Gasteiger partial charge is 0.462 e. The molecular weight excluding hydrogens is 304 g/mol. The Balaban J connectivity index is 1.34. The Morgan fingerprint density at radius 2 is 2.26 bits per heavy atom. The normalized spacial score (nSPS) is 33.6. The van der Waals surface area contributed by atoms with E-state index < -0.39 is 30.3 Å². The standard InChI is InChI=1S/C15H16N2O6/c1-6-2-10(17-23-6)16-11(18)5-21-14(19)12-7-3-8-9(4-7)22-15(20)13(8)12/h2,7-9,12-13H,3-5H2,1H3,(H,16,17,18)/t7-,8-,9-,12-,13+/m1/s1. The molecule has 3 aliphatic rings. The van der Waals surface area contributed by atoms with Gasteiger partial charge in [-0.05, 0) is 25.7 Å². The Bertz CT molecular complexity index is 681. The summed E-state index contributed by atoms with van der Waals surface area (Å²) in [4.78, 5) is 35.9. The Morgan fingerprint density at radius 1 is 1.43 bits per heavy atom. The van der Waals surface area contributed by atoms with Gasteiger partial charge in [0.2, 0.25) is 0 Å². The van der Waals surface area contributed by atoms with Crippen LogP contribution in [-0.2, 0) is 23.9 Å². The Morgan fingerprint density at radius 3 is 3.00 bits per heavy atom. The number of hydrogen-bond donors (Lipinski definition) is 1. The zero-order valence-corrected chi connectivity index (χ0v) is 12.5. The lowest BCUT2D eigenvalue weighted by molar-refractivity contribution is -0.157. The van der Waals surface area contributed by atoms with Gasteiger partial charge in [-0.3, -0.25) is 14.4 Å².